The fourth-order valence-corrected chi connectivity index (χ4v) is 8.06. The van der Waals surface area contributed by atoms with Crippen LogP contribution in [0.1, 0.15) is 103 Å². The Hall–Kier alpha value is -1.81. The maximum atomic E-state index is 13.1. The van der Waals surface area contributed by atoms with Crippen molar-refractivity contribution in [2.24, 2.45) is 17.3 Å². The molecule has 6 nitrogen and oxygen atoms in total. The number of aryl methyl sites for hydroxylation is 1. The summed E-state index contributed by atoms with van der Waals surface area (Å²) < 4.78 is 139. The summed E-state index contributed by atoms with van der Waals surface area (Å²) in [5, 5.41) is 12.0. The van der Waals surface area contributed by atoms with Gasteiger partial charge in [0.05, 0.1) is 19.3 Å². The highest BCUT2D eigenvalue weighted by molar-refractivity contribution is 5.40. The molecule has 1 aromatic rings. The number of benzene rings is 1. The smallest absolute Gasteiger partial charge is 0.435 e. The van der Waals surface area contributed by atoms with E-state index < -0.39 is 37.2 Å². The Balaban J connectivity index is 0.00000226. The van der Waals surface area contributed by atoms with E-state index in [1.807, 2.05) is 33.8 Å². The molecule has 5 atom stereocenters. The van der Waals surface area contributed by atoms with E-state index in [1.165, 1.54) is 11.1 Å². The summed E-state index contributed by atoms with van der Waals surface area (Å²) in [6.45, 7) is 11.7. The number of aliphatic hydroxyl groups excluding tert-OH is 1. The number of fused-ring (bicyclic) bond motifs is 5. The lowest BCUT2D eigenvalue weighted by molar-refractivity contribution is -0.457. The minimum Gasteiger partial charge on any atom is -0.491 e. The maximum Gasteiger partial charge on any atom is 0.435 e. The quantitative estimate of drug-likeness (QED) is 0.122. The molecule has 0 radical (unpaired) electrons. The lowest BCUT2D eigenvalue weighted by atomic mass is 9.55. The van der Waals surface area contributed by atoms with Gasteiger partial charge in [0, 0.05) is 19.8 Å². The molecule has 0 amide bonds. The first-order chi connectivity index (χ1) is 24.6. The van der Waals surface area contributed by atoms with Gasteiger partial charge in [-0.2, -0.15) is 39.5 Å². The molecule has 52 heavy (non-hydrogen) atoms. The van der Waals surface area contributed by atoms with Crippen molar-refractivity contribution in [3.8, 4) is 5.75 Å². The molecule has 0 aliphatic heterocycles. The number of aliphatic hydroxyl groups is 1. The van der Waals surface area contributed by atoms with Gasteiger partial charge >= 0.3 is 24.1 Å². The van der Waals surface area contributed by atoms with Gasteiger partial charge in [0.2, 0.25) is 0 Å². The lowest BCUT2D eigenvalue weighted by Crippen LogP contribution is -2.67. The summed E-state index contributed by atoms with van der Waals surface area (Å²) in [4.78, 5) is 0. The molecule has 304 valence electrons. The van der Waals surface area contributed by atoms with Gasteiger partial charge in [-0.05, 0) is 117 Å². The van der Waals surface area contributed by atoms with Gasteiger partial charge in [-0.25, -0.2) is 0 Å². The Bertz CT molecular complexity index is 1130. The molecule has 0 spiro atoms. The molecule has 4 unspecified atom stereocenters. The summed E-state index contributed by atoms with van der Waals surface area (Å²) >= 11 is 0. The van der Waals surface area contributed by atoms with Gasteiger partial charge in [0.15, 0.2) is 0 Å². The molecule has 0 bridgehead atoms. The molecule has 4 rings (SSSR count). The summed E-state index contributed by atoms with van der Waals surface area (Å²) in [6, 6.07) is 6.21. The van der Waals surface area contributed by atoms with Crippen LogP contribution >= 0.6 is 0 Å². The number of nitrogens with one attached hydrogen (secondary N) is 1. The van der Waals surface area contributed by atoms with Gasteiger partial charge in [-0.15, -0.1) is 0 Å². The van der Waals surface area contributed by atoms with Crippen molar-refractivity contribution < 1.29 is 63.6 Å². The van der Waals surface area contributed by atoms with Crippen LogP contribution in [0, 0.1) is 17.3 Å². The standard InChI is InChI=1S/C33H46F9NO5.2C2H6/c1-29-12-11-25-24-8-6-23(46-20-19-45-16-3-14-43-13-2-15-44)21-22(24)5-7-26(25)27(29)9-10-28(29)47-17-4-18-48-30(31(34,35)36,32(37,38)39)33(40,41)42;2*1-2/h6,8,21,25-28,43-44H,2-5,7,9-20H2,1H3;2*1-2H3/t25?,26-,27?,28?,29?;;/m1../s1. The summed E-state index contributed by atoms with van der Waals surface area (Å²) in [7, 11) is 0. The van der Waals surface area contributed by atoms with E-state index >= 15 is 0 Å². The Kier molecular flexibility index (Phi) is 18.5. The third kappa shape index (κ3) is 10.9. The molecule has 2 fully saturated rings. The van der Waals surface area contributed by atoms with Gasteiger partial charge in [-0.1, -0.05) is 40.7 Å². The number of alkyl halides is 9. The highest BCUT2D eigenvalue weighted by Crippen LogP contribution is 2.62. The monoisotopic (exact) mass is 767 g/mol. The number of hydrogen-bond donors (Lipinski definition) is 2. The average molecular weight is 768 g/mol. The fourth-order valence-electron chi connectivity index (χ4n) is 8.06. The minimum absolute atomic E-state index is 0.174. The third-order valence-corrected chi connectivity index (χ3v) is 10.4. The van der Waals surface area contributed by atoms with E-state index in [2.05, 4.69) is 29.1 Å². The molecule has 0 saturated heterocycles. The van der Waals surface area contributed by atoms with E-state index in [9.17, 15) is 39.5 Å². The zero-order chi connectivity index (χ0) is 39.2. The zero-order valence-electron chi connectivity index (χ0n) is 31.0. The number of rotatable bonds is 17. The van der Waals surface area contributed by atoms with Crippen molar-refractivity contribution in [3.05, 3.63) is 29.3 Å². The Morgan fingerprint density at radius 2 is 1.42 bits per heavy atom. The predicted molar refractivity (Wildman–Crippen MR) is 180 cm³/mol. The number of hydrogen-bond acceptors (Lipinski definition) is 6. The van der Waals surface area contributed by atoms with Crippen molar-refractivity contribution in [2.45, 2.75) is 129 Å². The van der Waals surface area contributed by atoms with E-state index in [4.69, 9.17) is 19.3 Å². The van der Waals surface area contributed by atoms with E-state index in [-0.39, 0.29) is 24.7 Å². The highest BCUT2D eigenvalue weighted by Gasteiger charge is 2.85. The van der Waals surface area contributed by atoms with Gasteiger partial charge in [0.1, 0.15) is 12.4 Å². The normalized spacial score (nSPS) is 24.4. The van der Waals surface area contributed by atoms with Crippen LogP contribution in [0.15, 0.2) is 18.2 Å². The van der Waals surface area contributed by atoms with Crippen molar-refractivity contribution in [2.75, 3.05) is 52.7 Å². The zero-order valence-corrected chi connectivity index (χ0v) is 31.0. The summed E-state index contributed by atoms with van der Waals surface area (Å²) in [5.41, 5.74) is -3.96. The molecular weight excluding hydrogens is 709 g/mol. The van der Waals surface area contributed by atoms with Crippen LogP contribution in [0.5, 0.6) is 5.75 Å². The van der Waals surface area contributed by atoms with Crippen molar-refractivity contribution in [3.63, 3.8) is 0 Å². The van der Waals surface area contributed by atoms with Crippen LogP contribution in [0.3, 0.4) is 0 Å². The average Bonchev–Trinajstić information content (AvgIpc) is 3.43. The lowest BCUT2D eigenvalue weighted by Gasteiger charge is -2.50. The van der Waals surface area contributed by atoms with Crippen LogP contribution in [0.25, 0.3) is 0 Å². The van der Waals surface area contributed by atoms with Crippen LogP contribution in [-0.2, 0) is 20.6 Å². The van der Waals surface area contributed by atoms with Crippen molar-refractivity contribution in [1.29, 1.82) is 0 Å². The largest absolute Gasteiger partial charge is 0.491 e. The molecule has 3 aliphatic carbocycles. The predicted octanol–water partition coefficient (Wildman–Crippen LogP) is 9.57. The van der Waals surface area contributed by atoms with Crippen LogP contribution in [0.2, 0.25) is 0 Å². The molecule has 2 saturated carbocycles. The SMILES string of the molecule is CC.CC.CC12CCC3c4ccc(OCCOCCCNCCCO)cc4CC[C@H]3C1CCC2OCCCOC(C(F)(F)F)(C(F)(F)F)C(F)(F)F. The molecule has 0 heterocycles. The third-order valence-electron chi connectivity index (χ3n) is 10.4. The van der Waals surface area contributed by atoms with Gasteiger partial charge < -0.3 is 29.4 Å². The Morgan fingerprint density at radius 3 is 2.06 bits per heavy atom. The van der Waals surface area contributed by atoms with Gasteiger partial charge in [-0.3, -0.25) is 0 Å². The summed E-state index contributed by atoms with van der Waals surface area (Å²) in [6.07, 6.45) is -14.4. The first-order valence-corrected chi connectivity index (χ1v) is 18.7. The first kappa shape index (κ1) is 46.3. The van der Waals surface area contributed by atoms with E-state index in [0.29, 0.717) is 44.0 Å². The van der Waals surface area contributed by atoms with E-state index in [0.717, 1.165) is 63.8 Å². The first-order valence-electron chi connectivity index (χ1n) is 18.7. The molecule has 3 aliphatic rings. The number of halogens is 9. The second-order valence-corrected chi connectivity index (χ2v) is 13.3. The minimum atomic E-state index is -6.74. The molecule has 15 heteroatoms. The topological polar surface area (TPSA) is 69.2 Å². The van der Waals surface area contributed by atoms with Crippen molar-refractivity contribution in [1.82, 2.24) is 5.32 Å². The van der Waals surface area contributed by atoms with Crippen LogP contribution < -0.4 is 10.1 Å². The number of ether oxygens (including phenoxy) is 4. The van der Waals surface area contributed by atoms with Crippen LogP contribution in [0.4, 0.5) is 39.5 Å². The molecule has 2 N–H and O–H groups in total. The Labute approximate surface area is 302 Å². The molecule has 1 aromatic carbocycles. The molecule has 0 aromatic heterocycles. The van der Waals surface area contributed by atoms with Crippen molar-refractivity contribution >= 4 is 0 Å². The second-order valence-electron chi connectivity index (χ2n) is 13.3. The molecular formula is C37H58F9NO5. The highest BCUT2D eigenvalue weighted by atomic mass is 19.4. The summed E-state index contributed by atoms with van der Waals surface area (Å²) in [5.74, 6) is 1.83. The maximum absolute atomic E-state index is 13.1. The van der Waals surface area contributed by atoms with E-state index in [1.54, 1.807) is 0 Å². The van der Waals surface area contributed by atoms with Gasteiger partial charge in [0.25, 0.3) is 0 Å². The fraction of sp³-hybridized carbons (Fsp3) is 0.838. The van der Waals surface area contributed by atoms with Crippen LogP contribution in [-0.4, -0.2) is 88.1 Å². The second kappa shape index (κ2) is 20.8. The Morgan fingerprint density at radius 1 is 0.769 bits per heavy atom.